The van der Waals surface area contributed by atoms with Crippen LogP contribution < -0.4 is 10.6 Å². The van der Waals surface area contributed by atoms with Crippen LogP contribution in [-0.2, 0) is 19.1 Å². The molecule has 3 rings (SSSR count). The molecule has 1 aliphatic rings. The molecular weight excluding hydrogens is 398 g/mol. The van der Waals surface area contributed by atoms with E-state index >= 15 is 0 Å². The lowest BCUT2D eigenvalue weighted by molar-refractivity contribution is -0.150. The molecule has 2 aromatic rings. The SMILES string of the molecule is CC(C)CC[C@@]1(C)NC(=O)N(CC(=O)OCC(=O)Nc2cccc3ccccc23)C1=O. The number of urea groups is 1. The summed E-state index contributed by atoms with van der Waals surface area (Å²) in [7, 11) is 0. The molecule has 0 unspecified atom stereocenters. The second-order valence-electron chi connectivity index (χ2n) is 8.32. The molecule has 2 aromatic carbocycles. The van der Waals surface area contributed by atoms with Gasteiger partial charge in [-0.05, 0) is 37.1 Å². The Morgan fingerprint density at radius 2 is 1.84 bits per heavy atom. The van der Waals surface area contributed by atoms with Crippen molar-refractivity contribution in [3.8, 4) is 0 Å². The van der Waals surface area contributed by atoms with Crippen LogP contribution in [0.25, 0.3) is 10.8 Å². The van der Waals surface area contributed by atoms with Gasteiger partial charge in [0.05, 0.1) is 0 Å². The lowest BCUT2D eigenvalue weighted by Crippen LogP contribution is -2.44. The smallest absolute Gasteiger partial charge is 0.326 e. The lowest BCUT2D eigenvalue weighted by atomic mass is 9.92. The van der Waals surface area contributed by atoms with E-state index in [9.17, 15) is 19.2 Å². The van der Waals surface area contributed by atoms with E-state index in [0.717, 1.165) is 22.1 Å². The van der Waals surface area contributed by atoms with E-state index < -0.39 is 42.5 Å². The summed E-state index contributed by atoms with van der Waals surface area (Å²) in [5.41, 5.74) is -0.429. The van der Waals surface area contributed by atoms with Gasteiger partial charge in [0.1, 0.15) is 12.1 Å². The summed E-state index contributed by atoms with van der Waals surface area (Å²) in [6.07, 6.45) is 1.24. The standard InChI is InChI=1S/C23H27N3O5/c1-15(2)11-12-23(3)21(29)26(22(30)25-23)13-20(28)31-14-19(27)24-18-10-6-8-16-7-4-5-9-17(16)18/h4-10,15H,11-14H2,1-3H3,(H,24,27)(H,25,30)/t23-/m1/s1. The Hall–Kier alpha value is -3.42. The van der Waals surface area contributed by atoms with Gasteiger partial charge >= 0.3 is 12.0 Å². The fraction of sp³-hybridized carbons (Fsp3) is 0.391. The maximum atomic E-state index is 12.6. The van der Waals surface area contributed by atoms with Crippen LogP contribution in [-0.4, -0.2) is 47.4 Å². The molecule has 0 bridgehead atoms. The Morgan fingerprint density at radius 1 is 1.13 bits per heavy atom. The van der Waals surface area contributed by atoms with Crippen molar-refractivity contribution in [1.82, 2.24) is 10.2 Å². The maximum Gasteiger partial charge on any atom is 0.326 e. The maximum absolute atomic E-state index is 12.6. The zero-order chi connectivity index (χ0) is 22.6. The van der Waals surface area contributed by atoms with E-state index in [1.54, 1.807) is 13.0 Å². The van der Waals surface area contributed by atoms with Crippen LogP contribution in [0.3, 0.4) is 0 Å². The van der Waals surface area contributed by atoms with Crippen molar-refractivity contribution in [3.63, 3.8) is 0 Å². The third-order valence-corrected chi connectivity index (χ3v) is 5.28. The average molecular weight is 425 g/mol. The summed E-state index contributed by atoms with van der Waals surface area (Å²) < 4.78 is 4.99. The van der Waals surface area contributed by atoms with Gasteiger partial charge in [-0.25, -0.2) is 4.79 Å². The van der Waals surface area contributed by atoms with Gasteiger partial charge in [0.2, 0.25) is 0 Å². The molecule has 1 atom stereocenters. The number of hydrogen-bond acceptors (Lipinski definition) is 5. The molecule has 31 heavy (non-hydrogen) atoms. The number of carbonyl (C=O) groups is 4. The van der Waals surface area contributed by atoms with Crippen LogP contribution >= 0.6 is 0 Å². The quantitative estimate of drug-likeness (QED) is 0.500. The van der Waals surface area contributed by atoms with Gasteiger partial charge in [0.15, 0.2) is 6.61 Å². The van der Waals surface area contributed by atoms with Crippen molar-refractivity contribution < 1.29 is 23.9 Å². The minimum absolute atomic E-state index is 0.376. The fourth-order valence-corrected chi connectivity index (χ4v) is 3.48. The molecule has 1 aliphatic heterocycles. The first-order chi connectivity index (χ1) is 14.7. The summed E-state index contributed by atoms with van der Waals surface area (Å²) in [6, 6.07) is 12.4. The lowest BCUT2D eigenvalue weighted by Gasteiger charge is -2.22. The van der Waals surface area contributed by atoms with E-state index in [4.69, 9.17) is 4.74 Å². The fourth-order valence-electron chi connectivity index (χ4n) is 3.48. The first-order valence-electron chi connectivity index (χ1n) is 10.3. The number of rotatable bonds is 8. The minimum atomic E-state index is -1.03. The third-order valence-electron chi connectivity index (χ3n) is 5.28. The molecule has 0 aromatic heterocycles. The highest BCUT2D eigenvalue weighted by molar-refractivity contribution is 6.08. The highest BCUT2D eigenvalue weighted by Crippen LogP contribution is 2.25. The molecule has 1 heterocycles. The Morgan fingerprint density at radius 3 is 2.58 bits per heavy atom. The van der Waals surface area contributed by atoms with Gasteiger partial charge < -0.3 is 15.4 Å². The monoisotopic (exact) mass is 425 g/mol. The predicted molar refractivity (Wildman–Crippen MR) is 116 cm³/mol. The Balaban J connectivity index is 1.53. The molecule has 1 fully saturated rings. The summed E-state index contributed by atoms with van der Waals surface area (Å²) in [6.45, 7) is 4.66. The van der Waals surface area contributed by atoms with E-state index in [1.165, 1.54) is 0 Å². The zero-order valence-electron chi connectivity index (χ0n) is 17.9. The third kappa shape index (κ3) is 5.20. The van der Waals surface area contributed by atoms with Crippen molar-refractivity contribution in [2.24, 2.45) is 5.92 Å². The average Bonchev–Trinajstić information content (AvgIpc) is 2.94. The zero-order valence-corrected chi connectivity index (χ0v) is 17.9. The number of benzene rings is 2. The molecule has 2 N–H and O–H groups in total. The summed E-state index contributed by atoms with van der Waals surface area (Å²) in [5.74, 6) is -1.43. The highest BCUT2D eigenvalue weighted by atomic mass is 16.5. The van der Waals surface area contributed by atoms with Crippen LogP contribution in [0.5, 0.6) is 0 Å². The number of imide groups is 1. The number of carbonyl (C=O) groups excluding carboxylic acids is 4. The molecule has 0 spiro atoms. The molecule has 0 aliphatic carbocycles. The number of amides is 4. The normalized spacial score (nSPS) is 18.4. The van der Waals surface area contributed by atoms with Crippen LogP contribution in [0.15, 0.2) is 42.5 Å². The Kier molecular flexibility index (Phi) is 6.58. The molecule has 0 radical (unpaired) electrons. The van der Waals surface area contributed by atoms with Gasteiger partial charge in [0.25, 0.3) is 11.8 Å². The van der Waals surface area contributed by atoms with Crippen molar-refractivity contribution >= 4 is 40.3 Å². The van der Waals surface area contributed by atoms with E-state index in [-0.39, 0.29) is 0 Å². The second kappa shape index (κ2) is 9.16. The van der Waals surface area contributed by atoms with Crippen LogP contribution in [0, 0.1) is 5.92 Å². The highest BCUT2D eigenvalue weighted by Gasteiger charge is 2.48. The number of fused-ring (bicyclic) bond motifs is 1. The predicted octanol–water partition coefficient (Wildman–Crippen LogP) is 3.07. The Labute approximate surface area is 180 Å². The molecular formula is C23H27N3O5. The molecule has 4 amide bonds. The number of nitrogens with zero attached hydrogens (tertiary/aromatic N) is 1. The van der Waals surface area contributed by atoms with E-state index in [2.05, 4.69) is 10.6 Å². The van der Waals surface area contributed by atoms with Gasteiger partial charge in [-0.15, -0.1) is 0 Å². The number of anilines is 1. The van der Waals surface area contributed by atoms with Crippen LogP contribution in [0.2, 0.25) is 0 Å². The number of ether oxygens (including phenoxy) is 1. The van der Waals surface area contributed by atoms with Crippen LogP contribution in [0.4, 0.5) is 10.5 Å². The van der Waals surface area contributed by atoms with Crippen molar-refractivity contribution in [2.45, 2.75) is 39.2 Å². The van der Waals surface area contributed by atoms with E-state index in [0.29, 0.717) is 18.0 Å². The van der Waals surface area contributed by atoms with Crippen molar-refractivity contribution in [1.29, 1.82) is 0 Å². The van der Waals surface area contributed by atoms with Crippen LogP contribution in [0.1, 0.15) is 33.6 Å². The second-order valence-corrected chi connectivity index (χ2v) is 8.32. The van der Waals surface area contributed by atoms with Crippen molar-refractivity contribution in [3.05, 3.63) is 42.5 Å². The molecule has 0 saturated carbocycles. The topological polar surface area (TPSA) is 105 Å². The van der Waals surface area contributed by atoms with Gasteiger partial charge in [0, 0.05) is 11.1 Å². The number of esters is 1. The molecule has 1 saturated heterocycles. The van der Waals surface area contributed by atoms with Crippen molar-refractivity contribution in [2.75, 3.05) is 18.5 Å². The molecule has 164 valence electrons. The molecule has 8 heteroatoms. The first kappa shape index (κ1) is 22.3. The molecule has 8 nitrogen and oxygen atoms in total. The van der Waals surface area contributed by atoms with Gasteiger partial charge in [-0.3, -0.25) is 19.3 Å². The van der Waals surface area contributed by atoms with Gasteiger partial charge in [-0.1, -0.05) is 50.2 Å². The number of hydrogen-bond donors (Lipinski definition) is 2. The summed E-state index contributed by atoms with van der Waals surface area (Å²) in [5, 5.41) is 7.21. The largest absolute Gasteiger partial charge is 0.454 e. The minimum Gasteiger partial charge on any atom is -0.454 e. The number of nitrogens with one attached hydrogen (secondary N) is 2. The summed E-state index contributed by atoms with van der Waals surface area (Å²) >= 11 is 0. The Bertz CT molecular complexity index is 1010. The van der Waals surface area contributed by atoms with Gasteiger partial charge in [-0.2, -0.15) is 0 Å². The summed E-state index contributed by atoms with van der Waals surface area (Å²) in [4.78, 5) is 50.1. The first-order valence-corrected chi connectivity index (χ1v) is 10.3. The van der Waals surface area contributed by atoms with E-state index in [1.807, 2.05) is 50.2 Å².